The van der Waals surface area contributed by atoms with Gasteiger partial charge in [-0.25, -0.2) is 0 Å². The van der Waals surface area contributed by atoms with Gasteiger partial charge in [0.2, 0.25) is 11.0 Å². The molecule has 1 aliphatic rings. The number of nitrogens with one attached hydrogen (secondary N) is 2. The first-order chi connectivity index (χ1) is 13.1. The van der Waals surface area contributed by atoms with Gasteiger partial charge in [-0.05, 0) is 38.1 Å². The molecule has 2 N–H and O–H groups in total. The van der Waals surface area contributed by atoms with Crippen molar-refractivity contribution in [3.63, 3.8) is 0 Å². The molecule has 2 heterocycles. The number of quaternary nitrogens is 1. The van der Waals surface area contributed by atoms with Gasteiger partial charge in [0.25, 0.3) is 0 Å². The number of ether oxygens (including phenoxy) is 1. The van der Waals surface area contributed by atoms with Gasteiger partial charge in [0, 0.05) is 5.69 Å². The molecule has 1 fully saturated rings. The van der Waals surface area contributed by atoms with Gasteiger partial charge >= 0.3 is 0 Å². The van der Waals surface area contributed by atoms with Gasteiger partial charge in [-0.1, -0.05) is 23.1 Å². The fourth-order valence-corrected chi connectivity index (χ4v) is 4.96. The van der Waals surface area contributed by atoms with Crippen LogP contribution >= 0.6 is 23.1 Å². The average Bonchev–Trinajstić information content (AvgIpc) is 3.14. The normalized spacial score (nSPS) is 16.2. The van der Waals surface area contributed by atoms with Crippen molar-refractivity contribution < 1.29 is 14.4 Å². The number of piperazine rings is 1. The van der Waals surface area contributed by atoms with E-state index in [4.69, 9.17) is 4.74 Å². The largest absolute Gasteiger partial charge is 0.497 e. The van der Waals surface area contributed by atoms with Crippen molar-refractivity contribution in [2.75, 3.05) is 45.2 Å². The fraction of sp³-hybridized carbons (Fsp3) is 0.500. The molecule has 0 unspecified atom stereocenters. The molecule has 0 bridgehead atoms. The van der Waals surface area contributed by atoms with Gasteiger partial charge in [0.1, 0.15) is 5.75 Å². The number of likely N-dealkylation sites (N-methyl/N-ethyl adjacent to an activating group) is 1. The number of methoxy groups -OCH3 is 1. The van der Waals surface area contributed by atoms with Crippen molar-refractivity contribution in [2.24, 2.45) is 0 Å². The minimum Gasteiger partial charge on any atom is -0.497 e. The van der Waals surface area contributed by atoms with Gasteiger partial charge < -0.3 is 19.9 Å². The van der Waals surface area contributed by atoms with Crippen LogP contribution < -0.4 is 15.0 Å². The van der Waals surface area contributed by atoms with Gasteiger partial charge in [0.05, 0.1) is 45.1 Å². The Morgan fingerprint density at radius 3 is 2.67 bits per heavy atom. The Balaban J connectivity index is 1.52. The van der Waals surface area contributed by atoms with Gasteiger partial charge in [0.15, 0.2) is 4.34 Å². The van der Waals surface area contributed by atoms with Gasteiger partial charge in [-0.3, -0.25) is 4.79 Å². The van der Waals surface area contributed by atoms with Crippen LogP contribution in [0.1, 0.15) is 13.8 Å². The second-order valence-electron chi connectivity index (χ2n) is 6.42. The maximum atomic E-state index is 12.7. The number of anilines is 2. The van der Waals surface area contributed by atoms with Crippen LogP contribution in [-0.2, 0) is 4.79 Å². The van der Waals surface area contributed by atoms with E-state index in [0.717, 1.165) is 48.5 Å². The number of hydrogen-bond acceptors (Lipinski definition) is 7. The monoisotopic (exact) mass is 408 g/mol. The standard InChI is InChI=1S/C18H25N5O2S2/c1-4-22-9-11-23(12-10-22)16(24)13(2)26-18-21-20-17(27-18)19-14-5-7-15(25-3)8-6-14/h5-8,13H,4,9-12H2,1-3H3,(H,19,20)/p+1/t13-/m1/s1. The number of rotatable bonds is 7. The molecule has 1 aromatic heterocycles. The zero-order valence-electron chi connectivity index (χ0n) is 15.9. The lowest BCUT2D eigenvalue weighted by molar-refractivity contribution is -0.902. The highest BCUT2D eigenvalue weighted by Gasteiger charge is 2.27. The predicted octanol–water partition coefficient (Wildman–Crippen LogP) is 1.52. The summed E-state index contributed by atoms with van der Waals surface area (Å²) in [6.45, 7) is 9.02. The first-order valence-corrected chi connectivity index (χ1v) is 10.8. The Hall–Kier alpha value is -1.84. The summed E-state index contributed by atoms with van der Waals surface area (Å²) in [7, 11) is 1.64. The van der Waals surface area contributed by atoms with Crippen molar-refractivity contribution in [3.05, 3.63) is 24.3 Å². The summed E-state index contributed by atoms with van der Waals surface area (Å²) in [5.74, 6) is 0.998. The Kier molecular flexibility index (Phi) is 6.92. The van der Waals surface area contributed by atoms with Crippen molar-refractivity contribution in [3.8, 4) is 5.75 Å². The zero-order chi connectivity index (χ0) is 19.2. The van der Waals surface area contributed by atoms with Crippen molar-refractivity contribution in [2.45, 2.75) is 23.4 Å². The van der Waals surface area contributed by atoms with E-state index in [2.05, 4.69) is 22.4 Å². The van der Waals surface area contributed by atoms with E-state index in [-0.39, 0.29) is 11.2 Å². The van der Waals surface area contributed by atoms with Gasteiger partial charge in [-0.2, -0.15) is 0 Å². The fourth-order valence-electron chi connectivity index (χ4n) is 2.96. The Morgan fingerprint density at radius 1 is 1.33 bits per heavy atom. The highest BCUT2D eigenvalue weighted by molar-refractivity contribution is 8.02. The van der Waals surface area contributed by atoms with Crippen LogP contribution in [0.15, 0.2) is 28.6 Å². The van der Waals surface area contributed by atoms with Crippen LogP contribution in [0.25, 0.3) is 0 Å². The smallest absolute Gasteiger partial charge is 0.236 e. The first kappa shape index (κ1) is 19.9. The summed E-state index contributed by atoms with van der Waals surface area (Å²) in [5.41, 5.74) is 0.920. The number of carbonyl (C=O) groups excluding carboxylic acids is 1. The molecule has 0 radical (unpaired) electrons. The Labute approximate surface area is 168 Å². The number of amides is 1. The Morgan fingerprint density at radius 2 is 2.04 bits per heavy atom. The van der Waals surface area contributed by atoms with E-state index >= 15 is 0 Å². The van der Waals surface area contributed by atoms with Crippen LogP contribution in [0.5, 0.6) is 5.75 Å². The molecule has 0 saturated carbocycles. The third kappa shape index (κ3) is 5.33. The minimum absolute atomic E-state index is 0.157. The minimum atomic E-state index is -0.157. The molecule has 7 nitrogen and oxygen atoms in total. The van der Waals surface area contributed by atoms with Crippen LogP contribution in [-0.4, -0.2) is 66.1 Å². The van der Waals surface area contributed by atoms with Crippen LogP contribution in [0.2, 0.25) is 0 Å². The molecule has 27 heavy (non-hydrogen) atoms. The molecule has 1 saturated heterocycles. The van der Waals surface area contributed by atoms with E-state index in [1.807, 2.05) is 36.1 Å². The lowest BCUT2D eigenvalue weighted by atomic mass is 10.3. The van der Waals surface area contributed by atoms with Crippen molar-refractivity contribution in [1.82, 2.24) is 15.1 Å². The van der Waals surface area contributed by atoms with Crippen molar-refractivity contribution in [1.29, 1.82) is 0 Å². The highest BCUT2D eigenvalue weighted by Crippen LogP contribution is 2.31. The van der Waals surface area contributed by atoms with Crippen LogP contribution in [0, 0.1) is 0 Å². The van der Waals surface area contributed by atoms with E-state index in [1.54, 1.807) is 12.0 Å². The lowest BCUT2D eigenvalue weighted by Crippen LogP contribution is -3.14. The molecule has 0 spiro atoms. The summed E-state index contributed by atoms with van der Waals surface area (Å²) in [6.07, 6.45) is 0. The first-order valence-electron chi connectivity index (χ1n) is 9.12. The van der Waals surface area contributed by atoms with Crippen molar-refractivity contribution >= 4 is 39.8 Å². The molecule has 9 heteroatoms. The second-order valence-corrected chi connectivity index (χ2v) is 8.98. The highest BCUT2D eigenvalue weighted by atomic mass is 32.2. The Bertz CT molecular complexity index is 744. The summed E-state index contributed by atoms with van der Waals surface area (Å²) in [4.78, 5) is 16.2. The van der Waals surface area contributed by atoms with E-state index in [0.29, 0.717) is 5.13 Å². The lowest BCUT2D eigenvalue weighted by Gasteiger charge is -2.32. The third-order valence-electron chi connectivity index (χ3n) is 4.66. The van der Waals surface area contributed by atoms with Crippen LogP contribution in [0.4, 0.5) is 10.8 Å². The van der Waals surface area contributed by atoms with Gasteiger partial charge in [-0.15, -0.1) is 10.2 Å². The predicted molar refractivity (Wildman–Crippen MR) is 109 cm³/mol. The number of nitrogens with zero attached hydrogens (tertiary/aromatic N) is 3. The average molecular weight is 409 g/mol. The number of hydrogen-bond donors (Lipinski definition) is 2. The molecular weight excluding hydrogens is 382 g/mol. The maximum Gasteiger partial charge on any atom is 0.236 e. The van der Waals surface area contributed by atoms with Crippen LogP contribution in [0.3, 0.4) is 0 Å². The quantitative estimate of drug-likeness (QED) is 0.677. The summed E-state index contributed by atoms with van der Waals surface area (Å²) in [6, 6.07) is 7.63. The molecule has 0 aliphatic carbocycles. The third-order valence-corrected chi connectivity index (χ3v) is 6.67. The molecule has 1 aromatic carbocycles. The summed E-state index contributed by atoms with van der Waals surface area (Å²) >= 11 is 2.93. The number of benzene rings is 1. The SMILES string of the molecule is CC[NH+]1CCN(C(=O)[C@@H](C)Sc2nnc(Nc3ccc(OC)cc3)s2)CC1. The summed E-state index contributed by atoms with van der Waals surface area (Å²) < 4.78 is 5.95. The molecular formula is C18H26N5O2S2+. The molecule has 1 atom stereocenters. The summed E-state index contributed by atoms with van der Waals surface area (Å²) in [5, 5.41) is 12.2. The topological polar surface area (TPSA) is 71.8 Å². The molecule has 1 amide bonds. The molecule has 2 aromatic rings. The van der Waals surface area contributed by atoms with E-state index < -0.39 is 0 Å². The second kappa shape index (κ2) is 9.38. The maximum absolute atomic E-state index is 12.7. The molecule has 146 valence electrons. The molecule has 3 rings (SSSR count). The zero-order valence-corrected chi connectivity index (χ0v) is 17.5. The number of carbonyl (C=O) groups is 1. The number of aromatic nitrogens is 2. The van der Waals surface area contributed by atoms with E-state index in [1.165, 1.54) is 23.1 Å². The number of thioether (sulfide) groups is 1. The van der Waals surface area contributed by atoms with E-state index in [9.17, 15) is 4.79 Å². The molecule has 1 aliphatic heterocycles.